The number of nitrogens with zero attached hydrogens (tertiary/aromatic N) is 2. The third kappa shape index (κ3) is 4.49. The summed E-state index contributed by atoms with van der Waals surface area (Å²) in [7, 11) is -4.33. The predicted octanol–water partition coefficient (Wildman–Crippen LogP) is 1.89. The van der Waals surface area contributed by atoms with Crippen LogP contribution in [0.5, 0.6) is 5.75 Å². The summed E-state index contributed by atoms with van der Waals surface area (Å²) >= 11 is 0. The molecule has 2 atom stereocenters. The lowest BCUT2D eigenvalue weighted by Crippen LogP contribution is -2.48. The molecule has 0 unspecified atom stereocenters. The number of ether oxygens (including phenoxy) is 1. The maximum Gasteiger partial charge on any atom is 0.416 e. The van der Waals surface area contributed by atoms with Gasteiger partial charge in [-0.2, -0.15) is 22.7 Å². The van der Waals surface area contributed by atoms with Gasteiger partial charge in [0.1, 0.15) is 29.3 Å². The zero-order valence-electron chi connectivity index (χ0n) is 15.7. The van der Waals surface area contributed by atoms with Crippen molar-refractivity contribution in [1.82, 2.24) is 4.31 Å². The summed E-state index contributed by atoms with van der Waals surface area (Å²) in [5.74, 6) is -0.998. The van der Waals surface area contributed by atoms with Crippen molar-refractivity contribution in [2.75, 3.05) is 19.7 Å². The molecule has 166 valence electrons. The standard InChI is InChI=1S/C19H16F4N2O5S/c20-16-7-14(4-1-12(16)8-24)30-17-9-25(10-18(17,27)11-26)31(28,29)15-5-2-13(3-6-15)19(21,22)23/h1-7,17,26-27H,9-11H2/t17-,18+/m0/s1. The van der Waals surface area contributed by atoms with Crippen molar-refractivity contribution in [3.63, 3.8) is 0 Å². The molecule has 2 N–H and O–H groups in total. The first-order chi connectivity index (χ1) is 14.4. The normalized spacial score (nSPS) is 22.3. The van der Waals surface area contributed by atoms with Gasteiger partial charge in [0, 0.05) is 12.6 Å². The van der Waals surface area contributed by atoms with Gasteiger partial charge in [-0.1, -0.05) is 0 Å². The number of aliphatic hydroxyl groups is 2. The summed E-state index contributed by atoms with van der Waals surface area (Å²) in [6.07, 6.45) is -5.95. The molecule has 1 saturated heterocycles. The summed E-state index contributed by atoms with van der Waals surface area (Å²) in [6.45, 7) is -1.95. The molecule has 0 radical (unpaired) electrons. The van der Waals surface area contributed by atoms with Crippen LogP contribution in [0.2, 0.25) is 0 Å². The average molecular weight is 460 g/mol. The third-order valence-electron chi connectivity index (χ3n) is 4.85. The second-order valence-electron chi connectivity index (χ2n) is 6.94. The van der Waals surface area contributed by atoms with E-state index in [9.17, 15) is 36.2 Å². The monoisotopic (exact) mass is 460 g/mol. The Labute approximate surface area is 174 Å². The van der Waals surface area contributed by atoms with E-state index in [1.165, 1.54) is 6.07 Å². The van der Waals surface area contributed by atoms with Crippen LogP contribution in [-0.2, 0) is 16.2 Å². The molecule has 2 aromatic rings. The highest BCUT2D eigenvalue weighted by Gasteiger charge is 2.51. The van der Waals surface area contributed by atoms with Gasteiger partial charge in [-0.15, -0.1) is 0 Å². The van der Waals surface area contributed by atoms with E-state index in [0.717, 1.165) is 28.6 Å². The van der Waals surface area contributed by atoms with E-state index in [4.69, 9.17) is 10.00 Å². The number of hydrogen-bond donors (Lipinski definition) is 2. The third-order valence-corrected chi connectivity index (χ3v) is 6.68. The Balaban J connectivity index is 1.85. The van der Waals surface area contributed by atoms with Gasteiger partial charge < -0.3 is 14.9 Å². The molecule has 1 heterocycles. The molecule has 2 aromatic carbocycles. The second kappa shape index (κ2) is 8.08. The Hall–Kier alpha value is -2.72. The highest BCUT2D eigenvalue weighted by Crippen LogP contribution is 2.33. The summed E-state index contributed by atoms with van der Waals surface area (Å²) < 4.78 is 83.9. The van der Waals surface area contributed by atoms with Gasteiger partial charge in [0.25, 0.3) is 0 Å². The quantitative estimate of drug-likeness (QED) is 0.660. The minimum absolute atomic E-state index is 0.109. The van der Waals surface area contributed by atoms with Gasteiger partial charge in [-0.25, -0.2) is 12.8 Å². The molecule has 7 nitrogen and oxygen atoms in total. The van der Waals surface area contributed by atoms with Crippen LogP contribution in [0.1, 0.15) is 11.1 Å². The molecule has 31 heavy (non-hydrogen) atoms. The fourth-order valence-electron chi connectivity index (χ4n) is 3.10. The van der Waals surface area contributed by atoms with E-state index < -0.39 is 63.9 Å². The largest absolute Gasteiger partial charge is 0.486 e. The van der Waals surface area contributed by atoms with Crippen molar-refractivity contribution in [2.45, 2.75) is 22.8 Å². The van der Waals surface area contributed by atoms with Gasteiger partial charge in [-0.3, -0.25) is 0 Å². The first kappa shape index (κ1) is 23.0. The van der Waals surface area contributed by atoms with Gasteiger partial charge in [0.05, 0.1) is 29.2 Å². The average Bonchev–Trinajstić information content (AvgIpc) is 3.05. The van der Waals surface area contributed by atoms with Crippen LogP contribution in [0.4, 0.5) is 17.6 Å². The fraction of sp³-hybridized carbons (Fsp3) is 0.316. The zero-order valence-corrected chi connectivity index (χ0v) is 16.5. The molecule has 0 spiro atoms. The van der Waals surface area contributed by atoms with Crippen LogP contribution in [-0.4, -0.2) is 54.3 Å². The SMILES string of the molecule is N#Cc1ccc(O[C@H]2CN(S(=O)(=O)c3ccc(C(F)(F)F)cc3)C[C@@]2(O)CO)cc1F. The van der Waals surface area contributed by atoms with E-state index in [1.54, 1.807) is 6.07 Å². The Morgan fingerprint density at radius 2 is 1.87 bits per heavy atom. The number of halogens is 4. The molecule has 0 bridgehead atoms. The van der Waals surface area contributed by atoms with Gasteiger partial charge >= 0.3 is 6.18 Å². The lowest BCUT2D eigenvalue weighted by molar-refractivity contribution is -0.137. The van der Waals surface area contributed by atoms with Crippen molar-refractivity contribution in [2.24, 2.45) is 0 Å². The molecular weight excluding hydrogens is 444 g/mol. The van der Waals surface area contributed by atoms with Crippen molar-refractivity contribution in [3.8, 4) is 11.8 Å². The Morgan fingerprint density at radius 1 is 1.23 bits per heavy atom. The number of rotatable bonds is 5. The number of benzene rings is 2. The Kier molecular flexibility index (Phi) is 5.98. The molecule has 3 rings (SSSR count). The molecule has 0 amide bonds. The van der Waals surface area contributed by atoms with Crippen LogP contribution in [0.25, 0.3) is 0 Å². The molecule has 0 saturated carbocycles. The maximum atomic E-state index is 13.8. The van der Waals surface area contributed by atoms with Crippen LogP contribution in [0.15, 0.2) is 47.4 Å². The van der Waals surface area contributed by atoms with E-state index in [0.29, 0.717) is 12.1 Å². The number of hydrogen-bond acceptors (Lipinski definition) is 6. The lowest BCUT2D eigenvalue weighted by atomic mass is 10.0. The first-order valence-electron chi connectivity index (χ1n) is 8.78. The molecule has 1 aliphatic heterocycles. The molecular formula is C19H16F4N2O5S. The number of sulfonamides is 1. The second-order valence-corrected chi connectivity index (χ2v) is 8.88. The summed E-state index contributed by atoms with van der Waals surface area (Å²) in [5.41, 5.74) is -3.32. The lowest BCUT2D eigenvalue weighted by Gasteiger charge is -2.27. The zero-order chi connectivity index (χ0) is 23.0. The van der Waals surface area contributed by atoms with Crippen molar-refractivity contribution < 1.29 is 40.9 Å². The predicted molar refractivity (Wildman–Crippen MR) is 97.8 cm³/mol. The highest BCUT2D eigenvalue weighted by molar-refractivity contribution is 7.89. The van der Waals surface area contributed by atoms with Crippen LogP contribution in [0.3, 0.4) is 0 Å². The molecule has 1 aliphatic rings. The van der Waals surface area contributed by atoms with E-state index in [1.807, 2.05) is 0 Å². The minimum Gasteiger partial charge on any atom is -0.486 e. The Morgan fingerprint density at radius 3 is 2.39 bits per heavy atom. The van der Waals surface area contributed by atoms with Gasteiger partial charge in [0.15, 0.2) is 0 Å². The molecule has 0 aliphatic carbocycles. The van der Waals surface area contributed by atoms with Crippen LogP contribution >= 0.6 is 0 Å². The van der Waals surface area contributed by atoms with E-state index in [2.05, 4.69) is 0 Å². The summed E-state index contributed by atoms with van der Waals surface area (Å²) in [6, 6.07) is 7.70. The molecule has 12 heteroatoms. The summed E-state index contributed by atoms with van der Waals surface area (Å²) in [4.78, 5) is -0.439. The number of β-amino-alcohol motifs (C(OH)–C–C–N with tert-alkyl or cyclic N) is 1. The van der Waals surface area contributed by atoms with Crippen LogP contribution in [0, 0.1) is 17.1 Å². The summed E-state index contributed by atoms with van der Waals surface area (Å²) in [5, 5.41) is 29.0. The highest BCUT2D eigenvalue weighted by atomic mass is 32.2. The maximum absolute atomic E-state index is 13.8. The van der Waals surface area contributed by atoms with Crippen molar-refractivity contribution in [3.05, 3.63) is 59.4 Å². The smallest absolute Gasteiger partial charge is 0.416 e. The fourth-order valence-corrected chi connectivity index (χ4v) is 4.60. The first-order valence-corrected chi connectivity index (χ1v) is 10.2. The van der Waals surface area contributed by atoms with E-state index in [-0.39, 0.29) is 11.3 Å². The van der Waals surface area contributed by atoms with Crippen molar-refractivity contribution >= 4 is 10.0 Å². The topological polar surface area (TPSA) is 111 Å². The van der Waals surface area contributed by atoms with Gasteiger partial charge in [0.2, 0.25) is 10.0 Å². The number of nitriles is 1. The number of aliphatic hydroxyl groups excluding tert-OH is 1. The van der Waals surface area contributed by atoms with Crippen LogP contribution < -0.4 is 4.74 Å². The Bertz CT molecular complexity index is 1120. The van der Waals surface area contributed by atoms with E-state index >= 15 is 0 Å². The number of alkyl halides is 3. The van der Waals surface area contributed by atoms with Crippen molar-refractivity contribution in [1.29, 1.82) is 5.26 Å². The van der Waals surface area contributed by atoms with Gasteiger partial charge in [-0.05, 0) is 36.4 Å². The molecule has 1 fully saturated rings. The minimum atomic E-state index is -4.64. The molecule has 0 aromatic heterocycles.